The molecule has 0 aromatic heterocycles. The second-order valence-corrected chi connectivity index (χ2v) is 13.1. The normalized spacial score (nSPS) is 17.3. The highest BCUT2D eigenvalue weighted by Gasteiger charge is 2.28. The van der Waals surface area contributed by atoms with Gasteiger partial charge in [-0.15, -0.1) is 0 Å². The summed E-state index contributed by atoms with van der Waals surface area (Å²) in [5, 5.41) is 14.7. The van der Waals surface area contributed by atoms with E-state index in [1.165, 1.54) is 22.3 Å². The van der Waals surface area contributed by atoms with Gasteiger partial charge in [0.05, 0.1) is 5.69 Å². The lowest BCUT2D eigenvalue weighted by Crippen LogP contribution is -2.22. The number of hydrogen-bond acceptors (Lipinski definition) is 3. The van der Waals surface area contributed by atoms with Crippen molar-refractivity contribution in [3.8, 4) is 5.75 Å². The van der Waals surface area contributed by atoms with Crippen molar-refractivity contribution in [1.82, 2.24) is 0 Å². The van der Waals surface area contributed by atoms with Gasteiger partial charge in [-0.05, 0) is 63.0 Å². The van der Waals surface area contributed by atoms with E-state index in [9.17, 15) is 5.11 Å². The molecule has 2 aromatic carbocycles. The highest BCUT2D eigenvalue weighted by atomic mass is 32.1. The average Bonchev–Trinajstić information content (AvgIpc) is 2.73. The largest absolute Gasteiger partial charge is 0.505 e. The molecular weight excluding hydrogens is 434 g/mol. The Balaban J connectivity index is 2.16. The zero-order chi connectivity index (χ0) is 25.5. The third-order valence-electron chi connectivity index (χ3n) is 6.93. The van der Waals surface area contributed by atoms with Gasteiger partial charge in [-0.3, -0.25) is 0 Å². The maximum Gasteiger partial charge on any atom is 0.143 e. The van der Waals surface area contributed by atoms with Gasteiger partial charge in [-0.2, -0.15) is 12.6 Å². The first-order valence-corrected chi connectivity index (χ1v) is 13.0. The molecule has 2 nitrogen and oxygen atoms in total. The second-order valence-electron chi connectivity index (χ2n) is 12.8. The number of aromatic hydroxyl groups is 1. The van der Waals surface area contributed by atoms with Crippen LogP contribution in [0.15, 0.2) is 54.2 Å². The van der Waals surface area contributed by atoms with E-state index >= 15 is 0 Å². The van der Waals surface area contributed by atoms with E-state index in [0.29, 0.717) is 11.7 Å². The van der Waals surface area contributed by atoms with Crippen LogP contribution >= 0.6 is 12.6 Å². The quantitative estimate of drug-likeness (QED) is 0.303. The van der Waals surface area contributed by atoms with Crippen molar-refractivity contribution >= 4 is 23.9 Å². The van der Waals surface area contributed by atoms with Crippen LogP contribution in [0.25, 0.3) is 5.57 Å². The summed E-state index contributed by atoms with van der Waals surface area (Å²) in [7, 11) is 0. The van der Waals surface area contributed by atoms with Crippen molar-refractivity contribution in [3.63, 3.8) is 0 Å². The number of phenolic OH excluding ortho intramolecular Hbond substituents is 1. The molecule has 2 N–H and O–H groups in total. The van der Waals surface area contributed by atoms with Crippen LogP contribution in [-0.4, -0.2) is 5.11 Å². The Labute approximate surface area is 213 Å². The van der Waals surface area contributed by atoms with Crippen LogP contribution < -0.4 is 5.32 Å². The molecule has 0 aliphatic heterocycles. The molecule has 34 heavy (non-hydrogen) atoms. The summed E-state index contributed by atoms with van der Waals surface area (Å²) in [5.74, 6) is 1.21. The molecule has 3 rings (SSSR count). The monoisotopic (exact) mass is 477 g/mol. The third kappa shape index (κ3) is 5.92. The molecule has 1 aliphatic carbocycles. The fraction of sp³-hybridized carbons (Fsp3) is 0.484. The SMILES string of the molecule is CC(C)(C)c1cccc(C2=C(Nc3cc(C(C)(C)C)cc(CS)c3O)C=CC(C(C)(C)C)C2)c1. The topological polar surface area (TPSA) is 32.3 Å². The maximum atomic E-state index is 11.0. The summed E-state index contributed by atoms with van der Waals surface area (Å²) < 4.78 is 0. The van der Waals surface area contributed by atoms with Crippen molar-refractivity contribution in [1.29, 1.82) is 0 Å². The molecule has 1 atom stereocenters. The van der Waals surface area contributed by atoms with Gasteiger partial charge in [0, 0.05) is 17.0 Å². The number of rotatable bonds is 4. The predicted octanol–water partition coefficient (Wildman–Crippen LogP) is 8.86. The van der Waals surface area contributed by atoms with Gasteiger partial charge in [0.1, 0.15) is 5.75 Å². The van der Waals surface area contributed by atoms with Gasteiger partial charge in [-0.1, -0.05) is 98.7 Å². The fourth-order valence-electron chi connectivity index (χ4n) is 4.36. The van der Waals surface area contributed by atoms with Crippen LogP contribution in [0.4, 0.5) is 5.69 Å². The highest BCUT2D eigenvalue weighted by Crippen LogP contribution is 2.43. The first-order valence-electron chi connectivity index (χ1n) is 12.4. The Hall–Kier alpha value is -2.13. The average molecular weight is 478 g/mol. The Kier molecular flexibility index (Phi) is 7.39. The first-order chi connectivity index (χ1) is 15.6. The minimum atomic E-state index is -0.0280. The van der Waals surface area contributed by atoms with E-state index < -0.39 is 0 Å². The first kappa shape index (κ1) is 26.5. The summed E-state index contributed by atoms with van der Waals surface area (Å²) in [4.78, 5) is 0. The van der Waals surface area contributed by atoms with Crippen molar-refractivity contribution in [2.24, 2.45) is 11.3 Å². The van der Waals surface area contributed by atoms with Gasteiger partial charge in [-0.25, -0.2) is 0 Å². The fourth-order valence-corrected chi connectivity index (χ4v) is 4.60. The zero-order valence-electron chi connectivity index (χ0n) is 22.5. The number of thiol groups is 1. The standard InChI is InChI=1S/C31H43NOS/c1-29(2,3)22-12-10-11-20(15-22)25-17-23(30(4,5)6)13-14-26(25)32-27-18-24(31(7,8)9)16-21(19-34)28(27)33/h10-16,18,23,32-34H,17,19H2,1-9H3. The van der Waals surface area contributed by atoms with Gasteiger partial charge in [0.2, 0.25) is 0 Å². The Bertz CT molecular complexity index is 1100. The molecular formula is C31H43NOS. The molecule has 0 spiro atoms. The predicted molar refractivity (Wildman–Crippen MR) is 152 cm³/mol. The van der Waals surface area contributed by atoms with E-state index in [4.69, 9.17) is 0 Å². The van der Waals surface area contributed by atoms with Gasteiger partial charge in [0.15, 0.2) is 0 Å². The number of anilines is 1. The third-order valence-corrected chi connectivity index (χ3v) is 7.27. The van der Waals surface area contributed by atoms with Crippen molar-refractivity contribution in [2.45, 2.75) is 85.3 Å². The van der Waals surface area contributed by atoms with Crippen LogP contribution in [0.2, 0.25) is 0 Å². The van der Waals surface area contributed by atoms with Gasteiger partial charge < -0.3 is 10.4 Å². The number of nitrogens with one attached hydrogen (secondary N) is 1. The molecule has 0 amide bonds. The van der Waals surface area contributed by atoms with E-state index in [1.54, 1.807) is 0 Å². The molecule has 0 saturated carbocycles. The maximum absolute atomic E-state index is 11.0. The highest BCUT2D eigenvalue weighted by molar-refractivity contribution is 7.79. The molecule has 0 heterocycles. The molecule has 184 valence electrons. The van der Waals surface area contributed by atoms with Gasteiger partial charge >= 0.3 is 0 Å². The van der Waals surface area contributed by atoms with Crippen molar-refractivity contribution in [2.75, 3.05) is 5.32 Å². The van der Waals surface area contributed by atoms with E-state index in [2.05, 4.69) is 129 Å². The van der Waals surface area contributed by atoms with E-state index in [0.717, 1.165) is 23.4 Å². The van der Waals surface area contributed by atoms with Crippen molar-refractivity contribution < 1.29 is 5.11 Å². The summed E-state index contributed by atoms with van der Waals surface area (Å²) in [6.45, 7) is 20.3. The van der Waals surface area contributed by atoms with Crippen LogP contribution in [0.1, 0.15) is 91.0 Å². The van der Waals surface area contributed by atoms with Crippen LogP contribution in [0.3, 0.4) is 0 Å². The Morgan fingerprint density at radius 3 is 2.12 bits per heavy atom. The summed E-state index contributed by atoms with van der Waals surface area (Å²) >= 11 is 4.48. The zero-order valence-corrected chi connectivity index (χ0v) is 23.4. The number of hydrogen-bond donors (Lipinski definition) is 3. The van der Waals surface area contributed by atoms with Crippen molar-refractivity contribution in [3.05, 3.63) is 76.5 Å². The molecule has 0 bridgehead atoms. The summed E-state index contributed by atoms with van der Waals surface area (Å²) in [6.07, 6.45) is 5.49. The summed E-state index contributed by atoms with van der Waals surface area (Å²) in [5.41, 5.74) is 7.92. The van der Waals surface area contributed by atoms with E-state index in [-0.39, 0.29) is 22.0 Å². The van der Waals surface area contributed by atoms with Crippen LogP contribution in [0.5, 0.6) is 5.75 Å². The molecule has 2 aromatic rings. The lowest BCUT2D eigenvalue weighted by atomic mass is 9.73. The van der Waals surface area contributed by atoms with Gasteiger partial charge in [0.25, 0.3) is 0 Å². The smallest absolute Gasteiger partial charge is 0.143 e. The molecule has 1 unspecified atom stereocenters. The molecule has 3 heteroatoms. The second kappa shape index (κ2) is 9.49. The molecule has 0 radical (unpaired) electrons. The minimum Gasteiger partial charge on any atom is -0.505 e. The number of phenols is 1. The molecule has 1 aliphatic rings. The number of benzene rings is 2. The van der Waals surface area contributed by atoms with Crippen LogP contribution in [0, 0.1) is 11.3 Å². The number of allylic oxidation sites excluding steroid dienone is 3. The molecule has 0 fully saturated rings. The summed E-state index contributed by atoms with van der Waals surface area (Å²) in [6, 6.07) is 13.1. The Morgan fingerprint density at radius 2 is 1.56 bits per heavy atom. The van der Waals surface area contributed by atoms with Crippen LogP contribution in [-0.2, 0) is 16.6 Å². The Morgan fingerprint density at radius 1 is 0.912 bits per heavy atom. The molecule has 0 saturated heterocycles. The lowest BCUT2D eigenvalue weighted by Gasteiger charge is -2.33. The minimum absolute atomic E-state index is 0.0280. The van der Waals surface area contributed by atoms with E-state index in [1.807, 2.05) is 0 Å². The lowest BCUT2D eigenvalue weighted by molar-refractivity contribution is 0.296.